The summed E-state index contributed by atoms with van der Waals surface area (Å²) >= 11 is 12.0. The van der Waals surface area contributed by atoms with Crippen LogP contribution >= 0.6 is 23.2 Å². The van der Waals surface area contributed by atoms with Crippen molar-refractivity contribution in [1.82, 2.24) is 16.2 Å². The summed E-state index contributed by atoms with van der Waals surface area (Å²) in [5.41, 5.74) is 5.55. The maximum absolute atomic E-state index is 12.7. The van der Waals surface area contributed by atoms with Crippen LogP contribution in [0, 0.1) is 0 Å². The highest BCUT2D eigenvalue weighted by molar-refractivity contribution is 6.36. The van der Waals surface area contributed by atoms with Crippen LogP contribution in [0.1, 0.15) is 26.5 Å². The number of hydrazine groups is 1. The Morgan fingerprint density at radius 1 is 0.900 bits per heavy atom. The van der Waals surface area contributed by atoms with Crippen molar-refractivity contribution < 1.29 is 18.8 Å². The van der Waals surface area contributed by atoms with Gasteiger partial charge in [0.05, 0.1) is 16.8 Å². The predicted octanol–water partition coefficient (Wildman–Crippen LogP) is 3.39. The Labute approximate surface area is 182 Å². The molecule has 0 aliphatic heterocycles. The van der Waals surface area contributed by atoms with E-state index in [-0.39, 0.29) is 22.8 Å². The van der Waals surface area contributed by atoms with Crippen LogP contribution < -0.4 is 16.2 Å². The SMILES string of the molecule is O=C(NNC(=O)C(Cc1ccccc1)NC(=O)c1ccc(Cl)cc1Cl)c1ccco1. The van der Waals surface area contributed by atoms with E-state index in [1.807, 2.05) is 30.3 Å². The largest absolute Gasteiger partial charge is 0.459 e. The number of hydrogen-bond acceptors (Lipinski definition) is 4. The molecule has 3 N–H and O–H groups in total. The Bertz CT molecular complexity index is 1040. The molecule has 1 aromatic heterocycles. The van der Waals surface area contributed by atoms with Gasteiger partial charge in [-0.25, -0.2) is 0 Å². The summed E-state index contributed by atoms with van der Waals surface area (Å²) in [4.78, 5) is 37.4. The molecule has 1 atom stereocenters. The van der Waals surface area contributed by atoms with Gasteiger partial charge < -0.3 is 9.73 Å². The average Bonchev–Trinajstić information content (AvgIpc) is 3.27. The second-order valence-electron chi connectivity index (χ2n) is 6.26. The molecule has 7 nitrogen and oxygen atoms in total. The molecule has 3 amide bonds. The van der Waals surface area contributed by atoms with Crippen LogP contribution in [0.15, 0.2) is 71.3 Å². The number of nitrogens with one attached hydrogen (secondary N) is 3. The van der Waals surface area contributed by atoms with Gasteiger partial charge in [0.15, 0.2) is 5.76 Å². The van der Waals surface area contributed by atoms with Crippen molar-refractivity contribution in [3.63, 3.8) is 0 Å². The normalized spacial score (nSPS) is 11.4. The quantitative estimate of drug-likeness (QED) is 0.506. The van der Waals surface area contributed by atoms with Crippen molar-refractivity contribution in [2.24, 2.45) is 0 Å². The number of benzene rings is 2. The fourth-order valence-corrected chi connectivity index (χ4v) is 3.14. The van der Waals surface area contributed by atoms with E-state index in [4.69, 9.17) is 27.6 Å². The Balaban J connectivity index is 1.73. The number of hydrogen-bond donors (Lipinski definition) is 3. The molecule has 3 aromatic rings. The lowest BCUT2D eigenvalue weighted by Gasteiger charge is -2.19. The van der Waals surface area contributed by atoms with Gasteiger partial charge in [-0.2, -0.15) is 0 Å². The van der Waals surface area contributed by atoms with Gasteiger partial charge in [-0.3, -0.25) is 25.2 Å². The molecule has 154 valence electrons. The van der Waals surface area contributed by atoms with Gasteiger partial charge in [0, 0.05) is 11.4 Å². The molecule has 30 heavy (non-hydrogen) atoms. The molecule has 0 fully saturated rings. The van der Waals surface area contributed by atoms with Crippen molar-refractivity contribution >= 4 is 40.9 Å². The summed E-state index contributed by atoms with van der Waals surface area (Å²) in [5, 5.41) is 3.19. The van der Waals surface area contributed by atoms with E-state index in [0.29, 0.717) is 5.02 Å². The third-order valence-electron chi connectivity index (χ3n) is 4.12. The number of furan rings is 1. The van der Waals surface area contributed by atoms with Crippen LogP contribution in [0.3, 0.4) is 0 Å². The van der Waals surface area contributed by atoms with E-state index >= 15 is 0 Å². The van der Waals surface area contributed by atoms with Crippen molar-refractivity contribution in [2.45, 2.75) is 12.5 Å². The van der Waals surface area contributed by atoms with E-state index in [1.54, 1.807) is 6.07 Å². The smallest absolute Gasteiger partial charge is 0.305 e. The zero-order valence-electron chi connectivity index (χ0n) is 15.5. The van der Waals surface area contributed by atoms with Gasteiger partial charge in [0.25, 0.3) is 11.8 Å². The third kappa shape index (κ3) is 5.62. The first-order valence-corrected chi connectivity index (χ1v) is 9.63. The molecule has 0 radical (unpaired) electrons. The molecule has 0 saturated carbocycles. The lowest BCUT2D eigenvalue weighted by Crippen LogP contribution is -2.53. The molecule has 0 bridgehead atoms. The van der Waals surface area contributed by atoms with Gasteiger partial charge in [-0.1, -0.05) is 53.5 Å². The topological polar surface area (TPSA) is 100 Å². The maximum atomic E-state index is 12.7. The van der Waals surface area contributed by atoms with E-state index in [1.165, 1.54) is 30.5 Å². The fraction of sp³-hybridized carbons (Fsp3) is 0.0952. The number of amides is 3. The number of halogens is 2. The van der Waals surface area contributed by atoms with Crippen LogP contribution in [0.25, 0.3) is 0 Å². The highest BCUT2D eigenvalue weighted by atomic mass is 35.5. The van der Waals surface area contributed by atoms with Crippen LogP contribution in [0.5, 0.6) is 0 Å². The van der Waals surface area contributed by atoms with Gasteiger partial charge in [0.2, 0.25) is 0 Å². The van der Waals surface area contributed by atoms with E-state index in [9.17, 15) is 14.4 Å². The fourth-order valence-electron chi connectivity index (χ4n) is 2.64. The van der Waals surface area contributed by atoms with Crippen LogP contribution in [-0.4, -0.2) is 23.8 Å². The van der Waals surface area contributed by atoms with Crippen molar-refractivity contribution in [1.29, 1.82) is 0 Å². The lowest BCUT2D eigenvalue weighted by molar-refractivity contribution is -0.123. The van der Waals surface area contributed by atoms with Crippen molar-refractivity contribution in [3.8, 4) is 0 Å². The summed E-state index contributed by atoms with van der Waals surface area (Å²) in [7, 11) is 0. The van der Waals surface area contributed by atoms with Gasteiger partial charge in [0.1, 0.15) is 6.04 Å². The standard InChI is InChI=1S/C21H17Cl2N3O4/c22-14-8-9-15(16(23)12-14)19(27)24-17(11-13-5-2-1-3-6-13)20(28)25-26-21(29)18-7-4-10-30-18/h1-10,12,17H,11H2,(H,24,27)(H,25,28)(H,26,29). The monoisotopic (exact) mass is 445 g/mol. The Hall–Kier alpha value is -3.29. The summed E-state index contributed by atoms with van der Waals surface area (Å²) in [5.74, 6) is -1.76. The highest BCUT2D eigenvalue weighted by Crippen LogP contribution is 2.21. The van der Waals surface area contributed by atoms with Gasteiger partial charge in [-0.05, 0) is 35.9 Å². The summed E-state index contributed by atoms with van der Waals surface area (Å²) in [6.07, 6.45) is 1.53. The van der Waals surface area contributed by atoms with Crippen molar-refractivity contribution in [2.75, 3.05) is 0 Å². The van der Waals surface area contributed by atoms with E-state index in [2.05, 4.69) is 16.2 Å². The summed E-state index contributed by atoms with van der Waals surface area (Å²) < 4.78 is 4.97. The molecule has 2 aromatic carbocycles. The van der Waals surface area contributed by atoms with Gasteiger partial charge in [-0.15, -0.1) is 0 Å². The molecule has 0 spiro atoms. The van der Waals surface area contributed by atoms with E-state index < -0.39 is 23.8 Å². The van der Waals surface area contributed by atoms with Crippen LogP contribution in [-0.2, 0) is 11.2 Å². The first-order valence-electron chi connectivity index (χ1n) is 8.87. The molecule has 0 aliphatic carbocycles. The zero-order chi connectivity index (χ0) is 21.5. The first kappa shape index (κ1) is 21.4. The molecule has 1 heterocycles. The second-order valence-corrected chi connectivity index (χ2v) is 7.10. The molecule has 0 aliphatic rings. The van der Waals surface area contributed by atoms with Crippen molar-refractivity contribution in [3.05, 3.63) is 93.9 Å². The molecule has 1 unspecified atom stereocenters. The third-order valence-corrected chi connectivity index (χ3v) is 4.67. The predicted molar refractivity (Wildman–Crippen MR) is 112 cm³/mol. The Morgan fingerprint density at radius 2 is 1.67 bits per heavy atom. The summed E-state index contributed by atoms with van der Waals surface area (Å²) in [6.45, 7) is 0. The average molecular weight is 446 g/mol. The highest BCUT2D eigenvalue weighted by Gasteiger charge is 2.24. The second kappa shape index (κ2) is 9.96. The minimum atomic E-state index is -0.983. The molecular weight excluding hydrogens is 429 g/mol. The molecular formula is C21H17Cl2N3O4. The zero-order valence-corrected chi connectivity index (χ0v) is 17.0. The van der Waals surface area contributed by atoms with E-state index in [0.717, 1.165) is 5.56 Å². The number of carbonyl (C=O) groups is 3. The Morgan fingerprint density at radius 3 is 2.33 bits per heavy atom. The molecule has 9 heteroatoms. The summed E-state index contributed by atoms with van der Waals surface area (Å²) in [6, 6.07) is 15.6. The lowest BCUT2D eigenvalue weighted by atomic mass is 10.0. The number of rotatable bonds is 6. The molecule has 0 saturated heterocycles. The minimum absolute atomic E-state index is 0.0342. The maximum Gasteiger partial charge on any atom is 0.305 e. The van der Waals surface area contributed by atoms with Crippen LogP contribution in [0.4, 0.5) is 0 Å². The first-order chi connectivity index (χ1) is 14.4. The van der Waals surface area contributed by atoms with Gasteiger partial charge >= 0.3 is 5.91 Å². The Kier molecular flexibility index (Phi) is 7.11. The van der Waals surface area contributed by atoms with Crippen LogP contribution in [0.2, 0.25) is 10.0 Å². The number of carbonyl (C=O) groups excluding carboxylic acids is 3. The minimum Gasteiger partial charge on any atom is -0.459 e. The molecule has 3 rings (SSSR count).